The standard InChI is InChI=1S/C14H13N5OS/c1-8-5-10-11(19-7-18-10)6-9(8)14(21,12(15)20)13-16-3-2-4-17-13/h2-7,21H,1H3,(H2,15,20)(H,18,19). The molecule has 0 radical (unpaired) electrons. The molecule has 0 fully saturated rings. The number of rotatable bonds is 3. The van der Waals surface area contributed by atoms with E-state index in [1.54, 1.807) is 30.9 Å². The number of benzene rings is 1. The molecule has 1 aromatic carbocycles. The summed E-state index contributed by atoms with van der Waals surface area (Å²) < 4.78 is -1.40. The Kier molecular flexibility index (Phi) is 3.13. The van der Waals surface area contributed by atoms with E-state index in [0.29, 0.717) is 5.56 Å². The zero-order valence-electron chi connectivity index (χ0n) is 11.2. The van der Waals surface area contributed by atoms with Crippen molar-refractivity contribution in [2.45, 2.75) is 11.7 Å². The number of thiol groups is 1. The lowest BCUT2D eigenvalue weighted by Gasteiger charge is -2.25. The van der Waals surface area contributed by atoms with Crippen LogP contribution in [0.15, 0.2) is 36.9 Å². The van der Waals surface area contributed by atoms with E-state index in [1.807, 2.05) is 13.0 Å². The number of aryl methyl sites for hydroxylation is 1. The number of aromatic nitrogens is 4. The van der Waals surface area contributed by atoms with Crippen molar-refractivity contribution in [3.05, 3.63) is 53.9 Å². The number of nitrogens with zero attached hydrogens (tertiary/aromatic N) is 3. The lowest BCUT2D eigenvalue weighted by Crippen LogP contribution is -2.39. The highest BCUT2D eigenvalue weighted by Gasteiger charge is 2.41. The largest absolute Gasteiger partial charge is 0.368 e. The second-order valence-corrected chi connectivity index (χ2v) is 5.40. The second kappa shape index (κ2) is 4.85. The fourth-order valence-electron chi connectivity index (χ4n) is 2.33. The van der Waals surface area contributed by atoms with E-state index in [0.717, 1.165) is 16.6 Å². The Balaban J connectivity index is 2.29. The van der Waals surface area contributed by atoms with Gasteiger partial charge in [-0.1, -0.05) is 0 Å². The number of aromatic amines is 1. The van der Waals surface area contributed by atoms with Crippen LogP contribution >= 0.6 is 12.6 Å². The van der Waals surface area contributed by atoms with Gasteiger partial charge in [-0.05, 0) is 36.2 Å². The third kappa shape index (κ3) is 2.06. The molecule has 0 aliphatic carbocycles. The van der Waals surface area contributed by atoms with Crippen LogP contribution in [-0.2, 0) is 9.54 Å². The van der Waals surface area contributed by atoms with Crippen LogP contribution < -0.4 is 5.73 Å². The van der Waals surface area contributed by atoms with Gasteiger partial charge in [0.1, 0.15) is 0 Å². The van der Waals surface area contributed by atoms with E-state index in [1.165, 1.54) is 0 Å². The minimum absolute atomic E-state index is 0.249. The van der Waals surface area contributed by atoms with Gasteiger partial charge in [-0.2, -0.15) is 0 Å². The Morgan fingerprint density at radius 2 is 2.00 bits per heavy atom. The summed E-state index contributed by atoms with van der Waals surface area (Å²) >= 11 is 4.53. The highest BCUT2D eigenvalue weighted by atomic mass is 32.1. The smallest absolute Gasteiger partial charge is 0.245 e. The monoisotopic (exact) mass is 299 g/mol. The highest BCUT2D eigenvalue weighted by Crippen LogP contribution is 2.37. The maximum atomic E-state index is 12.1. The van der Waals surface area contributed by atoms with Crippen LogP contribution in [-0.4, -0.2) is 25.8 Å². The summed E-state index contributed by atoms with van der Waals surface area (Å²) in [5.41, 5.74) is 8.69. The first-order valence-electron chi connectivity index (χ1n) is 6.27. The van der Waals surface area contributed by atoms with Gasteiger partial charge in [0.25, 0.3) is 0 Å². The van der Waals surface area contributed by atoms with Gasteiger partial charge in [-0.25, -0.2) is 15.0 Å². The SMILES string of the molecule is Cc1cc2[nH]cnc2cc1C(S)(C(N)=O)c1ncccn1. The fourth-order valence-corrected chi connectivity index (χ4v) is 2.69. The molecule has 0 saturated carbocycles. The number of H-pyrrole nitrogens is 1. The maximum absolute atomic E-state index is 12.1. The minimum Gasteiger partial charge on any atom is -0.368 e. The Hall–Kier alpha value is -2.41. The Labute approximate surface area is 126 Å². The molecule has 3 N–H and O–H groups in total. The molecule has 0 bridgehead atoms. The van der Waals surface area contributed by atoms with Crippen LogP contribution in [0.3, 0.4) is 0 Å². The zero-order chi connectivity index (χ0) is 15.0. The lowest BCUT2D eigenvalue weighted by molar-refractivity contribution is -0.119. The summed E-state index contributed by atoms with van der Waals surface area (Å²) in [4.78, 5) is 27.6. The van der Waals surface area contributed by atoms with Crippen molar-refractivity contribution < 1.29 is 4.79 Å². The van der Waals surface area contributed by atoms with Crippen LogP contribution in [0, 0.1) is 6.92 Å². The number of hydrogen-bond donors (Lipinski definition) is 3. The molecule has 106 valence electrons. The summed E-state index contributed by atoms with van der Waals surface area (Å²) in [5.74, 6) is -0.381. The Morgan fingerprint density at radius 3 is 2.67 bits per heavy atom. The normalized spacial score (nSPS) is 14.0. The highest BCUT2D eigenvalue weighted by molar-refractivity contribution is 7.82. The molecule has 1 atom stereocenters. The van der Waals surface area contributed by atoms with Crippen LogP contribution in [0.25, 0.3) is 11.0 Å². The molecule has 3 aromatic rings. The van der Waals surface area contributed by atoms with Crippen molar-refractivity contribution in [3.8, 4) is 0 Å². The molecule has 7 heteroatoms. The first-order valence-corrected chi connectivity index (χ1v) is 6.72. The molecule has 2 aromatic heterocycles. The number of nitrogens with one attached hydrogen (secondary N) is 1. The van der Waals surface area contributed by atoms with Crippen molar-refractivity contribution in [1.29, 1.82) is 0 Å². The van der Waals surface area contributed by atoms with E-state index >= 15 is 0 Å². The minimum atomic E-state index is -1.40. The fraction of sp³-hybridized carbons (Fsp3) is 0.143. The van der Waals surface area contributed by atoms with E-state index in [9.17, 15) is 4.79 Å². The molecule has 3 rings (SSSR count). The zero-order valence-corrected chi connectivity index (χ0v) is 12.1. The second-order valence-electron chi connectivity index (χ2n) is 4.73. The maximum Gasteiger partial charge on any atom is 0.245 e. The molecule has 0 aliphatic heterocycles. The molecule has 6 nitrogen and oxygen atoms in total. The van der Waals surface area contributed by atoms with Crippen LogP contribution in [0.4, 0.5) is 0 Å². The first kappa shape index (κ1) is 13.6. The average molecular weight is 299 g/mol. The predicted molar refractivity (Wildman–Crippen MR) is 81.8 cm³/mol. The van der Waals surface area contributed by atoms with Crippen molar-refractivity contribution in [1.82, 2.24) is 19.9 Å². The van der Waals surface area contributed by atoms with E-state index in [-0.39, 0.29) is 5.82 Å². The van der Waals surface area contributed by atoms with Gasteiger partial charge in [0, 0.05) is 12.4 Å². The van der Waals surface area contributed by atoms with E-state index < -0.39 is 10.7 Å². The Morgan fingerprint density at radius 1 is 1.29 bits per heavy atom. The number of hydrogen-bond acceptors (Lipinski definition) is 5. The topological polar surface area (TPSA) is 97.6 Å². The van der Waals surface area contributed by atoms with Crippen molar-refractivity contribution in [2.24, 2.45) is 5.73 Å². The van der Waals surface area contributed by atoms with Gasteiger partial charge < -0.3 is 10.7 Å². The van der Waals surface area contributed by atoms with Crippen LogP contribution in [0.1, 0.15) is 17.0 Å². The van der Waals surface area contributed by atoms with Gasteiger partial charge in [0.2, 0.25) is 5.91 Å². The molecule has 2 heterocycles. The molecule has 1 unspecified atom stereocenters. The summed E-state index contributed by atoms with van der Waals surface area (Å²) in [7, 11) is 0. The van der Waals surface area contributed by atoms with E-state index in [4.69, 9.17) is 5.73 Å². The van der Waals surface area contributed by atoms with Crippen molar-refractivity contribution in [2.75, 3.05) is 0 Å². The summed E-state index contributed by atoms with van der Waals surface area (Å²) in [5, 5.41) is 0. The number of primary amides is 1. The van der Waals surface area contributed by atoms with Crippen LogP contribution in [0.5, 0.6) is 0 Å². The first-order chi connectivity index (χ1) is 10.0. The number of nitrogens with two attached hydrogens (primary N) is 1. The number of imidazole rings is 1. The number of amides is 1. The third-order valence-electron chi connectivity index (χ3n) is 3.40. The summed E-state index contributed by atoms with van der Waals surface area (Å²) in [6.07, 6.45) is 4.70. The molecule has 0 spiro atoms. The van der Waals surface area contributed by atoms with Crippen molar-refractivity contribution >= 4 is 29.6 Å². The summed E-state index contributed by atoms with van der Waals surface area (Å²) in [6.45, 7) is 1.88. The number of carbonyl (C=O) groups is 1. The Bertz CT molecular complexity index is 817. The van der Waals surface area contributed by atoms with Gasteiger partial charge in [-0.15, -0.1) is 12.6 Å². The lowest BCUT2D eigenvalue weighted by atomic mass is 9.91. The quantitative estimate of drug-likeness (QED) is 0.635. The van der Waals surface area contributed by atoms with Gasteiger partial charge in [0.05, 0.1) is 17.4 Å². The van der Waals surface area contributed by atoms with E-state index in [2.05, 4.69) is 32.6 Å². The number of fused-ring (bicyclic) bond motifs is 1. The van der Waals surface area contributed by atoms with Crippen molar-refractivity contribution in [3.63, 3.8) is 0 Å². The summed E-state index contributed by atoms with van der Waals surface area (Å²) in [6, 6.07) is 5.35. The number of carbonyl (C=O) groups excluding carboxylic acids is 1. The molecular weight excluding hydrogens is 286 g/mol. The predicted octanol–water partition coefficient (Wildman–Crippen LogP) is 1.32. The average Bonchev–Trinajstić information content (AvgIpc) is 2.93. The van der Waals surface area contributed by atoms with Crippen LogP contribution in [0.2, 0.25) is 0 Å². The van der Waals surface area contributed by atoms with Gasteiger partial charge in [-0.3, -0.25) is 4.79 Å². The molecule has 1 amide bonds. The van der Waals surface area contributed by atoms with Gasteiger partial charge >= 0.3 is 0 Å². The third-order valence-corrected chi connectivity index (χ3v) is 4.06. The molecule has 21 heavy (non-hydrogen) atoms. The molecular formula is C14H13N5OS. The molecule has 0 aliphatic rings. The van der Waals surface area contributed by atoms with Gasteiger partial charge in [0.15, 0.2) is 10.6 Å². The molecule has 0 saturated heterocycles.